The zero-order valence-electron chi connectivity index (χ0n) is 8.06. The van der Waals surface area contributed by atoms with Gasteiger partial charge in [0.15, 0.2) is 0 Å². The molecule has 0 N–H and O–H groups in total. The van der Waals surface area contributed by atoms with Crippen molar-refractivity contribution in [2.75, 3.05) is 19.6 Å². The largest absolute Gasteiger partial charge is 0.303 e. The Morgan fingerprint density at radius 3 is 2.69 bits per heavy atom. The van der Waals surface area contributed by atoms with E-state index in [2.05, 4.69) is 22.1 Å². The van der Waals surface area contributed by atoms with E-state index in [1.807, 2.05) is 10.9 Å². The van der Waals surface area contributed by atoms with Crippen LogP contribution in [0.4, 0.5) is 0 Å². The minimum atomic E-state index is 0.574. The number of nitrogens with zero attached hydrogens (tertiary/aromatic N) is 4. The maximum Gasteiger partial charge on any atom is 0.0693 e. The topological polar surface area (TPSA) is 34.0 Å². The van der Waals surface area contributed by atoms with Gasteiger partial charge in [-0.2, -0.15) is 0 Å². The summed E-state index contributed by atoms with van der Waals surface area (Å²) in [5.74, 6) is 0. The van der Waals surface area contributed by atoms with Crippen molar-refractivity contribution >= 4 is 0 Å². The van der Waals surface area contributed by atoms with Crippen molar-refractivity contribution < 1.29 is 0 Å². The predicted molar refractivity (Wildman–Crippen MR) is 50.4 cm³/mol. The summed E-state index contributed by atoms with van der Waals surface area (Å²) in [5, 5.41) is 7.87. The Labute approximate surface area is 78.5 Å². The number of hydrogen-bond donors (Lipinski definition) is 0. The number of rotatable bonds is 2. The molecule has 1 aliphatic heterocycles. The molecule has 0 aliphatic carbocycles. The molecule has 0 aromatic carbocycles. The predicted octanol–water partition coefficient (Wildman–Crippen LogP) is 0.935. The Balaban J connectivity index is 1.92. The number of likely N-dealkylation sites (tertiary alicyclic amines) is 1. The highest BCUT2D eigenvalue weighted by Crippen LogP contribution is 2.20. The molecule has 0 atom stereocenters. The Morgan fingerprint density at radius 2 is 2.15 bits per heavy atom. The Hall–Kier alpha value is -0.900. The molecule has 0 unspecified atom stereocenters. The second-order valence-corrected chi connectivity index (χ2v) is 3.55. The fourth-order valence-corrected chi connectivity index (χ4v) is 1.91. The second kappa shape index (κ2) is 3.87. The summed E-state index contributed by atoms with van der Waals surface area (Å²) < 4.78 is 1.99. The molecule has 0 spiro atoms. The minimum absolute atomic E-state index is 0.574. The van der Waals surface area contributed by atoms with Gasteiger partial charge in [0.1, 0.15) is 0 Å². The van der Waals surface area contributed by atoms with E-state index in [4.69, 9.17) is 0 Å². The van der Waals surface area contributed by atoms with Crippen LogP contribution in [0.15, 0.2) is 12.4 Å². The molecule has 0 amide bonds. The maximum atomic E-state index is 4.04. The minimum Gasteiger partial charge on any atom is -0.303 e. The van der Waals surface area contributed by atoms with Gasteiger partial charge in [-0.15, -0.1) is 5.10 Å². The first kappa shape index (κ1) is 8.69. The van der Waals surface area contributed by atoms with E-state index in [0.717, 1.165) is 0 Å². The number of piperidine rings is 1. The third-order valence-corrected chi connectivity index (χ3v) is 2.82. The van der Waals surface area contributed by atoms with Crippen molar-refractivity contribution in [2.45, 2.75) is 25.8 Å². The van der Waals surface area contributed by atoms with E-state index < -0.39 is 0 Å². The van der Waals surface area contributed by atoms with Gasteiger partial charge in [0.2, 0.25) is 0 Å². The summed E-state index contributed by atoms with van der Waals surface area (Å²) in [4.78, 5) is 2.48. The summed E-state index contributed by atoms with van der Waals surface area (Å²) in [6.07, 6.45) is 6.13. The van der Waals surface area contributed by atoms with Crippen LogP contribution in [0.5, 0.6) is 0 Å². The highest BCUT2D eigenvalue weighted by atomic mass is 15.4. The van der Waals surface area contributed by atoms with E-state index >= 15 is 0 Å². The van der Waals surface area contributed by atoms with E-state index in [0.29, 0.717) is 6.04 Å². The number of aromatic nitrogens is 3. The lowest BCUT2D eigenvalue weighted by atomic mass is 10.1. The van der Waals surface area contributed by atoms with Crippen molar-refractivity contribution in [3.05, 3.63) is 12.4 Å². The van der Waals surface area contributed by atoms with Gasteiger partial charge in [-0.1, -0.05) is 12.1 Å². The van der Waals surface area contributed by atoms with Crippen LogP contribution in [0.1, 0.15) is 25.8 Å². The fourth-order valence-electron chi connectivity index (χ4n) is 1.91. The first-order valence-electron chi connectivity index (χ1n) is 4.98. The van der Waals surface area contributed by atoms with Crippen LogP contribution in [0.25, 0.3) is 0 Å². The van der Waals surface area contributed by atoms with E-state index in [-0.39, 0.29) is 0 Å². The molecule has 1 saturated heterocycles. The summed E-state index contributed by atoms with van der Waals surface area (Å²) in [5.41, 5.74) is 0. The van der Waals surface area contributed by atoms with Crippen molar-refractivity contribution in [2.24, 2.45) is 0 Å². The molecule has 1 aromatic heterocycles. The van der Waals surface area contributed by atoms with Crippen LogP contribution in [-0.4, -0.2) is 39.5 Å². The lowest BCUT2D eigenvalue weighted by molar-refractivity contribution is 0.186. The molecule has 4 nitrogen and oxygen atoms in total. The zero-order valence-corrected chi connectivity index (χ0v) is 8.06. The average Bonchev–Trinajstić information content (AvgIpc) is 2.71. The molecule has 2 heterocycles. The molecule has 0 radical (unpaired) electrons. The summed E-state index contributed by atoms with van der Waals surface area (Å²) in [6.45, 7) is 5.78. The normalized spacial score (nSPS) is 20.7. The summed E-state index contributed by atoms with van der Waals surface area (Å²) in [6, 6.07) is 0.574. The highest BCUT2D eigenvalue weighted by Gasteiger charge is 2.19. The lowest BCUT2D eigenvalue weighted by Gasteiger charge is -2.30. The van der Waals surface area contributed by atoms with Crippen LogP contribution in [-0.2, 0) is 0 Å². The standard InChI is InChI=1S/C9H16N4/c1-2-12-6-3-9(4-7-12)13-8-5-10-11-13/h5,8-9H,2-4,6-7H2,1H3. The SMILES string of the molecule is CCN1CCC(n2ccnn2)CC1. The van der Waals surface area contributed by atoms with Gasteiger partial charge in [0, 0.05) is 19.3 Å². The van der Waals surface area contributed by atoms with Gasteiger partial charge in [-0.05, 0) is 19.4 Å². The fraction of sp³-hybridized carbons (Fsp3) is 0.778. The van der Waals surface area contributed by atoms with Crippen LogP contribution in [0.2, 0.25) is 0 Å². The highest BCUT2D eigenvalue weighted by molar-refractivity contribution is 4.78. The first-order chi connectivity index (χ1) is 6.40. The molecule has 72 valence electrons. The van der Waals surface area contributed by atoms with Gasteiger partial charge in [-0.3, -0.25) is 0 Å². The van der Waals surface area contributed by atoms with Gasteiger partial charge in [0.25, 0.3) is 0 Å². The molecule has 2 rings (SSSR count). The molecular weight excluding hydrogens is 164 g/mol. The third-order valence-electron chi connectivity index (χ3n) is 2.82. The average molecular weight is 180 g/mol. The molecule has 4 heteroatoms. The van der Waals surface area contributed by atoms with Crippen molar-refractivity contribution in [3.8, 4) is 0 Å². The van der Waals surface area contributed by atoms with Crippen molar-refractivity contribution in [1.29, 1.82) is 0 Å². The summed E-state index contributed by atoms with van der Waals surface area (Å²) >= 11 is 0. The monoisotopic (exact) mass is 180 g/mol. The van der Waals surface area contributed by atoms with Gasteiger partial charge in [0.05, 0.1) is 12.2 Å². The van der Waals surface area contributed by atoms with Crippen LogP contribution in [0.3, 0.4) is 0 Å². The van der Waals surface area contributed by atoms with Gasteiger partial charge < -0.3 is 4.90 Å². The quantitative estimate of drug-likeness (QED) is 0.679. The van der Waals surface area contributed by atoms with Gasteiger partial charge >= 0.3 is 0 Å². The summed E-state index contributed by atoms with van der Waals surface area (Å²) in [7, 11) is 0. The zero-order chi connectivity index (χ0) is 9.10. The Kier molecular flexibility index (Phi) is 2.59. The lowest BCUT2D eigenvalue weighted by Crippen LogP contribution is -2.34. The van der Waals surface area contributed by atoms with Crippen LogP contribution in [0, 0.1) is 0 Å². The molecule has 1 aromatic rings. The Morgan fingerprint density at radius 1 is 1.38 bits per heavy atom. The molecule has 1 fully saturated rings. The van der Waals surface area contributed by atoms with E-state index in [1.165, 1.54) is 32.5 Å². The van der Waals surface area contributed by atoms with Crippen molar-refractivity contribution in [1.82, 2.24) is 19.9 Å². The van der Waals surface area contributed by atoms with Crippen LogP contribution < -0.4 is 0 Å². The smallest absolute Gasteiger partial charge is 0.0693 e. The maximum absolute atomic E-state index is 4.04. The molecular formula is C9H16N4. The Bertz CT molecular complexity index is 236. The molecule has 13 heavy (non-hydrogen) atoms. The third kappa shape index (κ3) is 1.88. The number of hydrogen-bond acceptors (Lipinski definition) is 3. The van der Waals surface area contributed by atoms with Crippen LogP contribution >= 0.6 is 0 Å². The van der Waals surface area contributed by atoms with E-state index in [1.54, 1.807) is 6.20 Å². The molecule has 0 saturated carbocycles. The molecule has 0 bridgehead atoms. The van der Waals surface area contributed by atoms with Gasteiger partial charge in [-0.25, -0.2) is 4.68 Å². The first-order valence-corrected chi connectivity index (χ1v) is 4.98. The van der Waals surface area contributed by atoms with Crippen molar-refractivity contribution in [3.63, 3.8) is 0 Å². The van der Waals surface area contributed by atoms with E-state index in [9.17, 15) is 0 Å². The second-order valence-electron chi connectivity index (χ2n) is 3.55. The molecule has 1 aliphatic rings.